The van der Waals surface area contributed by atoms with Crippen LogP contribution in [-0.4, -0.2) is 11.7 Å². The molecule has 0 radical (unpaired) electrons. The lowest BCUT2D eigenvalue weighted by molar-refractivity contribution is 0.281. The van der Waals surface area contributed by atoms with Crippen LogP contribution >= 0.6 is 23.2 Å². The maximum Gasteiger partial charge on any atom is 0.0455 e. The van der Waals surface area contributed by atoms with Crippen molar-refractivity contribution in [3.8, 4) is 0 Å². The fourth-order valence-corrected chi connectivity index (χ4v) is 2.21. The summed E-state index contributed by atoms with van der Waals surface area (Å²) < 4.78 is 0. The van der Waals surface area contributed by atoms with Crippen molar-refractivity contribution >= 4 is 23.2 Å². The van der Waals surface area contributed by atoms with E-state index in [1.54, 1.807) is 6.07 Å². The van der Waals surface area contributed by atoms with Crippen LogP contribution in [-0.2, 0) is 0 Å². The number of benzene rings is 1. The summed E-state index contributed by atoms with van der Waals surface area (Å²) in [4.78, 5) is 0. The zero-order chi connectivity index (χ0) is 11.3. The first-order valence-electron chi connectivity index (χ1n) is 5.21. The second kappa shape index (κ2) is 6.37. The Bertz CT molecular complexity index is 312. The van der Waals surface area contributed by atoms with Crippen LogP contribution in [0.4, 0.5) is 0 Å². The Morgan fingerprint density at radius 1 is 1.27 bits per heavy atom. The lowest BCUT2D eigenvalue weighted by atomic mass is 9.95. The number of halogens is 2. The van der Waals surface area contributed by atoms with Crippen LogP contribution in [0.15, 0.2) is 18.2 Å². The minimum absolute atomic E-state index is 0.265. The molecule has 0 spiro atoms. The predicted molar refractivity (Wildman–Crippen MR) is 65.8 cm³/mol. The summed E-state index contributed by atoms with van der Waals surface area (Å²) in [7, 11) is 0. The van der Waals surface area contributed by atoms with Crippen LogP contribution in [0.5, 0.6) is 0 Å². The van der Waals surface area contributed by atoms with Gasteiger partial charge in [0.2, 0.25) is 0 Å². The molecule has 0 aliphatic heterocycles. The van der Waals surface area contributed by atoms with Gasteiger partial charge in [-0.2, -0.15) is 0 Å². The highest BCUT2D eigenvalue weighted by atomic mass is 35.5. The zero-order valence-electron chi connectivity index (χ0n) is 8.84. The molecular formula is C12H16Cl2O. The molecule has 0 saturated carbocycles. The number of hydrogen-bond acceptors (Lipinski definition) is 1. The first-order valence-corrected chi connectivity index (χ1v) is 5.96. The second-order valence-corrected chi connectivity index (χ2v) is 4.63. The summed E-state index contributed by atoms with van der Waals surface area (Å²) in [6.07, 6.45) is 2.92. The van der Waals surface area contributed by atoms with E-state index in [-0.39, 0.29) is 6.61 Å². The lowest BCUT2D eigenvalue weighted by Gasteiger charge is -2.13. The number of aliphatic hydroxyl groups excluding tert-OH is 1. The summed E-state index contributed by atoms with van der Waals surface area (Å²) in [6.45, 7) is 2.41. The third-order valence-electron chi connectivity index (χ3n) is 2.54. The Hall–Kier alpha value is -0.240. The molecule has 0 saturated heterocycles. The Morgan fingerprint density at radius 2 is 2.00 bits per heavy atom. The summed E-state index contributed by atoms with van der Waals surface area (Å²) >= 11 is 11.9. The third kappa shape index (κ3) is 4.02. The quantitative estimate of drug-likeness (QED) is 0.771. The van der Waals surface area contributed by atoms with Crippen molar-refractivity contribution < 1.29 is 5.11 Å². The second-order valence-electron chi connectivity index (χ2n) is 3.79. The molecular weight excluding hydrogens is 231 g/mol. The molecule has 1 rings (SSSR count). The van der Waals surface area contributed by atoms with Gasteiger partial charge in [-0.1, -0.05) is 42.6 Å². The number of rotatable bonds is 5. The number of aliphatic hydroxyl groups is 1. The molecule has 0 aromatic heterocycles. The average molecular weight is 247 g/mol. The fourth-order valence-electron chi connectivity index (χ4n) is 1.62. The van der Waals surface area contributed by atoms with Crippen molar-refractivity contribution in [3.05, 3.63) is 33.8 Å². The summed E-state index contributed by atoms with van der Waals surface area (Å²) in [5.74, 6) is 0.418. The average Bonchev–Trinajstić information content (AvgIpc) is 2.17. The van der Waals surface area contributed by atoms with Crippen molar-refractivity contribution in [2.45, 2.75) is 32.1 Å². The van der Waals surface area contributed by atoms with E-state index in [9.17, 15) is 0 Å². The normalized spacial score (nSPS) is 12.8. The van der Waals surface area contributed by atoms with Gasteiger partial charge in [0, 0.05) is 16.7 Å². The maximum absolute atomic E-state index is 8.70. The smallest absolute Gasteiger partial charge is 0.0455 e. The van der Waals surface area contributed by atoms with Crippen molar-refractivity contribution in [2.24, 2.45) is 0 Å². The SMILES string of the molecule is CC(CCCCO)c1ccc(Cl)cc1Cl. The molecule has 0 aliphatic rings. The van der Waals surface area contributed by atoms with Gasteiger partial charge >= 0.3 is 0 Å². The van der Waals surface area contributed by atoms with Gasteiger partial charge in [0.25, 0.3) is 0 Å². The largest absolute Gasteiger partial charge is 0.396 e. The Morgan fingerprint density at radius 3 is 2.60 bits per heavy atom. The molecule has 0 amide bonds. The highest BCUT2D eigenvalue weighted by Crippen LogP contribution is 2.30. The topological polar surface area (TPSA) is 20.2 Å². The van der Waals surface area contributed by atoms with Gasteiger partial charge < -0.3 is 5.11 Å². The van der Waals surface area contributed by atoms with Crippen LogP contribution in [0.3, 0.4) is 0 Å². The Balaban J connectivity index is 2.61. The van der Waals surface area contributed by atoms with Crippen LogP contribution in [0, 0.1) is 0 Å². The highest BCUT2D eigenvalue weighted by Gasteiger charge is 2.09. The Labute approximate surface area is 101 Å². The molecule has 0 bridgehead atoms. The van der Waals surface area contributed by atoms with E-state index in [1.165, 1.54) is 0 Å². The van der Waals surface area contributed by atoms with Crippen LogP contribution in [0.2, 0.25) is 10.0 Å². The molecule has 1 atom stereocenters. The van der Waals surface area contributed by atoms with Crippen molar-refractivity contribution in [2.75, 3.05) is 6.61 Å². The fraction of sp³-hybridized carbons (Fsp3) is 0.500. The van der Waals surface area contributed by atoms with E-state index in [2.05, 4.69) is 6.92 Å². The molecule has 0 fully saturated rings. The molecule has 3 heteroatoms. The third-order valence-corrected chi connectivity index (χ3v) is 3.10. The highest BCUT2D eigenvalue weighted by molar-refractivity contribution is 6.35. The minimum Gasteiger partial charge on any atom is -0.396 e. The molecule has 0 heterocycles. The number of hydrogen-bond donors (Lipinski definition) is 1. The van der Waals surface area contributed by atoms with E-state index in [4.69, 9.17) is 28.3 Å². The van der Waals surface area contributed by atoms with E-state index in [0.29, 0.717) is 10.9 Å². The van der Waals surface area contributed by atoms with Gasteiger partial charge in [0.05, 0.1) is 0 Å². The molecule has 1 nitrogen and oxygen atoms in total. The lowest BCUT2D eigenvalue weighted by Crippen LogP contribution is -1.95. The molecule has 0 aliphatic carbocycles. The Kier molecular flexibility index (Phi) is 5.44. The molecule has 1 N–H and O–H groups in total. The van der Waals surface area contributed by atoms with Gasteiger partial charge in [-0.25, -0.2) is 0 Å². The van der Waals surface area contributed by atoms with Crippen molar-refractivity contribution in [3.63, 3.8) is 0 Å². The van der Waals surface area contributed by atoms with Crippen LogP contribution < -0.4 is 0 Å². The molecule has 84 valence electrons. The first-order chi connectivity index (χ1) is 7.15. The maximum atomic E-state index is 8.70. The summed E-state index contributed by atoms with van der Waals surface area (Å²) in [5, 5.41) is 10.1. The van der Waals surface area contributed by atoms with Crippen LogP contribution in [0.25, 0.3) is 0 Å². The van der Waals surface area contributed by atoms with Gasteiger partial charge in [-0.15, -0.1) is 0 Å². The van der Waals surface area contributed by atoms with Gasteiger partial charge in [-0.05, 0) is 36.5 Å². The standard InChI is InChI=1S/C12H16Cl2O/c1-9(4-2-3-7-15)11-6-5-10(13)8-12(11)14/h5-6,8-9,15H,2-4,7H2,1H3. The van der Waals surface area contributed by atoms with Gasteiger partial charge in [-0.3, -0.25) is 0 Å². The van der Waals surface area contributed by atoms with E-state index in [1.807, 2.05) is 12.1 Å². The van der Waals surface area contributed by atoms with E-state index in [0.717, 1.165) is 29.8 Å². The number of unbranched alkanes of at least 4 members (excludes halogenated alkanes) is 1. The molecule has 1 aromatic carbocycles. The van der Waals surface area contributed by atoms with E-state index >= 15 is 0 Å². The van der Waals surface area contributed by atoms with Gasteiger partial charge in [0.15, 0.2) is 0 Å². The molecule has 1 unspecified atom stereocenters. The minimum atomic E-state index is 0.265. The van der Waals surface area contributed by atoms with Crippen molar-refractivity contribution in [1.29, 1.82) is 0 Å². The van der Waals surface area contributed by atoms with Crippen molar-refractivity contribution in [1.82, 2.24) is 0 Å². The molecule has 15 heavy (non-hydrogen) atoms. The first kappa shape index (κ1) is 12.8. The van der Waals surface area contributed by atoms with Gasteiger partial charge in [0.1, 0.15) is 0 Å². The predicted octanol–water partition coefficient (Wildman–Crippen LogP) is 4.26. The summed E-state index contributed by atoms with van der Waals surface area (Å²) in [5.41, 5.74) is 1.14. The molecule has 1 aromatic rings. The van der Waals surface area contributed by atoms with E-state index < -0.39 is 0 Å². The zero-order valence-corrected chi connectivity index (χ0v) is 10.4. The van der Waals surface area contributed by atoms with Crippen LogP contribution in [0.1, 0.15) is 37.7 Å². The summed E-state index contributed by atoms with van der Waals surface area (Å²) in [6, 6.07) is 5.63. The monoisotopic (exact) mass is 246 g/mol.